The van der Waals surface area contributed by atoms with E-state index in [1.165, 1.54) is 11.5 Å². The Bertz CT molecular complexity index is 312. The van der Waals surface area contributed by atoms with Crippen molar-refractivity contribution in [2.75, 3.05) is 18.2 Å². The van der Waals surface area contributed by atoms with Crippen LogP contribution in [0.2, 0.25) is 0 Å². The average Bonchev–Trinajstić information content (AvgIpc) is 2.45. The first kappa shape index (κ1) is 12.1. The fraction of sp³-hybridized carbons (Fsp3) is 0.700. The molecule has 0 amide bonds. The van der Waals surface area contributed by atoms with E-state index in [1.54, 1.807) is 7.11 Å². The summed E-state index contributed by atoms with van der Waals surface area (Å²) < 4.78 is 9.23. The molecule has 0 aromatic carbocycles. The number of hydrogen-bond donors (Lipinski definition) is 2. The van der Waals surface area contributed by atoms with E-state index >= 15 is 0 Å². The highest BCUT2D eigenvalue weighted by Gasteiger charge is 2.14. The highest BCUT2D eigenvalue weighted by molar-refractivity contribution is 7.11. The van der Waals surface area contributed by atoms with E-state index in [0.717, 1.165) is 11.4 Å². The molecule has 0 bridgehead atoms. The van der Waals surface area contributed by atoms with Crippen LogP contribution in [0.25, 0.3) is 0 Å². The summed E-state index contributed by atoms with van der Waals surface area (Å²) >= 11 is 1.35. The number of methoxy groups -OCH3 is 1. The maximum atomic E-state index is 5.66. The van der Waals surface area contributed by atoms with E-state index in [2.05, 4.69) is 30.5 Å². The molecule has 0 spiro atoms. The molecule has 3 N–H and O–H groups in total. The van der Waals surface area contributed by atoms with E-state index in [-0.39, 0.29) is 0 Å². The molecule has 4 nitrogen and oxygen atoms in total. The van der Waals surface area contributed by atoms with Gasteiger partial charge in [-0.2, -0.15) is 4.37 Å². The number of ether oxygens (including phenoxy) is 1. The number of aromatic nitrogens is 1. The fourth-order valence-corrected chi connectivity index (χ4v) is 2.37. The average molecular weight is 229 g/mol. The minimum atomic E-state index is 0.402. The van der Waals surface area contributed by atoms with Crippen molar-refractivity contribution in [3.63, 3.8) is 0 Å². The lowest BCUT2D eigenvalue weighted by Crippen LogP contribution is -2.17. The third-order valence-corrected chi connectivity index (χ3v) is 2.85. The summed E-state index contributed by atoms with van der Waals surface area (Å²) in [5.41, 5.74) is 5.66. The second-order valence-electron chi connectivity index (χ2n) is 4.11. The number of anilines is 2. The molecule has 1 aromatic heterocycles. The van der Waals surface area contributed by atoms with E-state index in [9.17, 15) is 0 Å². The highest BCUT2D eigenvalue weighted by Crippen LogP contribution is 2.35. The number of hydrogen-bond acceptors (Lipinski definition) is 5. The number of nitrogens with one attached hydrogen (secondary N) is 1. The zero-order chi connectivity index (χ0) is 11.4. The number of rotatable bonds is 5. The van der Waals surface area contributed by atoms with Crippen LogP contribution in [0, 0.1) is 5.92 Å². The van der Waals surface area contributed by atoms with Crippen molar-refractivity contribution in [3.05, 3.63) is 0 Å². The Balaban J connectivity index is 2.63. The summed E-state index contributed by atoms with van der Waals surface area (Å²) in [5.74, 6) is 1.79. The lowest BCUT2D eigenvalue weighted by molar-refractivity contribution is 0.418. The van der Waals surface area contributed by atoms with Crippen LogP contribution in [0.3, 0.4) is 0 Å². The van der Waals surface area contributed by atoms with Crippen LogP contribution in [0.1, 0.15) is 27.2 Å². The Labute approximate surface area is 95.0 Å². The summed E-state index contributed by atoms with van der Waals surface area (Å²) in [6.07, 6.45) is 1.11. The quantitative estimate of drug-likeness (QED) is 0.814. The number of nitrogen functional groups attached to an aromatic ring is 1. The van der Waals surface area contributed by atoms with Crippen LogP contribution in [-0.2, 0) is 0 Å². The highest BCUT2D eigenvalue weighted by atomic mass is 32.1. The molecule has 5 heteroatoms. The molecule has 86 valence electrons. The summed E-state index contributed by atoms with van der Waals surface area (Å²) in [7, 11) is 1.61. The Kier molecular flexibility index (Phi) is 4.20. The normalized spacial score (nSPS) is 12.9. The smallest absolute Gasteiger partial charge is 0.197 e. The van der Waals surface area contributed by atoms with E-state index in [4.69, 9.17) is 10.5 Å². The summed E-state index contributed by atoms with van der Waals surface area (Å²) in [6.45, 7) is 6.56. The van der Waals surface area contributed by atoms with Gasteiger partial charge in [-0.15, -0.1) is 0 Å². The van der Waals surface area contributed by atoms with Gasteiger partial charge in [0.2, 0.25) is 0 Å². The lowest BCUT2D eigenvalue weighted by Gasteiger charge is -2.16. The Morgan fingerprint density at radius 2 is 2.13 bits per heavy atom. The number of nitrogens with zero attached hydrogens (tertiary/aromatic N) is 1. The van der Waals surface area contributed by atoms with Crippen molar-refractivity contribution >= 4 is 22.4 Å². The predicted molar refractivity (Wildman–Crippen MR) is 65.6 cm³/mol. The molecule has 0 saturated carbocycles. The monoisotopic (exact) mass is 229 g/mol. The van der Waals surface area contributed by atoms with Crippen molar-refractivity contribution < 1.29 is 4.74 Å². The van der Waals surface area contributed by atoms with Gasteiger partial charge in [0, 0.05) is 6.04 Å². The van der Waals surface area contributed by atoms with Gasteiger partial charge in [0.15, 0.2) is 16.6 Å². The zero-order valence-electron chi connectivity index (χ0n) is 9.70. The van der Waals surface area contributed by atoms with E-state index in [0.29, 0.717) is 23.5 Å². The van der Waals surface area contributed by atoms with Gasteiger partial charge in [-0.25, -0.2) is 0 Å². The minimum Gasteiger partial charge on any atom is -0.490 e. The van der Waals surface area contributed by atoms with Gasteiger partial charge in [0.1, 0.15) is 0 Å². The molecule has 0 aliphatic rings. The van der Waals surface area contributed by atoms with Gasteiger partial charge in [0.25, 0.3) is 0 Å². The first-order valence-corrected chi connectivity index (χ1v) is 5.87. The molecule has 0 fully saturated rings. The Hall–Kier alpha value is -0.970. The molecular formula is C10H19N3OS. The molecule has 1 rings (SSSR count). The molecule has 0 aliphatic carbocycles. The molecule has 1 unspecified atom stereocenters. The molecule has 1 aromatic rings. The summed E-state index contributed by atoms with van der Waals surface area (Å²) in [4.78, 5) is 0. The molecule has 0 radical (unpaired) electrons. The van der Waals surface area contributed by atoms with Crippen LogP contribution in [0.15, 0.2) is 0 Å². The lowest BCUT2D eigenvalue weighted by atomic mass is 10.1. The first-order chi connectivity index (χ1) is 7.04. The third kappa shape index (κ3) is 3.27. The van der Waals surface area contributed by atoms with Gasteiger partial charge in [-0.1, -0.05) is 13.8 Å². The number of nitrogens with two attached hydrogens (primary N) is 1. The third-order valence-electron chi connectivity index (χ3n) is 2.08. The topological polar surface area (TPSA) is 60.2 Å². The fourth-order valence-electron chi connectivity index (χ4n) is 1.57. The Morgan fingerprint density at radius 3 is 2.67 bits per heavy atom. The summed E-state index contributed by atoms with van der Waals surface area (Å²) in [6, 6.07) is 0.402. The van der Waals surface area contributed by atoms with Crippen LogP contribution in [0.4, 0.5) is 10.8 Å². The van der Waals surface area contributed by atoms with Crippen molar-refractivity contribution in [1.29, 1.82) is 0 Å². The van der Waals surface area contributed by atoms with Gasteiger partial charge >= 0.3 is 0 Å². The second-order valence-corrected chi connectivity index (χ2v) is 4.88. The van der Waals surface area contributed by atoms with Crippen LogP contribution in [0.5, 0.6) is 5.75 Å². The van der Waals surface area contributed by atoms with Crippen LogP contribution in [-0.4, -0.2) is 17.5 Å². The van der Waals surface area contributed by atoms with E-state index < -0.39 is 0 Å². The standard InChI is InChI=1S/C10H19N3OS/c1-6(2)5-7(3)12-10-8(14-4)9(11)13-15-10/h6-7,12H,5H2,1-4H3,(H2,11,13). The minimum absolute atomic E-state index is 0.402. The van der Waals surface area contributed by atoms with Crippen LogP contribution < -0.4 is 15.8 Å². The van der Waals surface area contributed by atoms with Gasteiger partial charge in [0.05, 0.1) is 7.11 Å². The van der Waals surface area contributed by atoms with Crippen molar-refractivity contribution in [1.82, 2.24) is 4.37 Å². The summed E-state index contributed by atoms with van der Waals surface area (Å²) in [5, 5.41) is 4.28. The van der Waals surface area contributed by atoms with Crippen LogP contribution >= 0.6 is 11.5 Å². The van der Waals surface area contributed by atoms with Gasteiger partial charge in [-0.05, 0) is 30.8 Å². The van der Waals surface area contributed by atoms with Gasteiger partial charge in [-0.3, -0.25) is 0 Å². The molecule has 0 saturated heterocycles. The van der Waals surface area contributed by atoms with Crippen molar-refractivity contribution in [3.8, 4) is 5.75 Å². The van der Waals surface area contributed by atoms with Gasteiger partial charge < -0.3 is 15.8 Å². The Morgan fingerprint density at radius 1 is 1.47 bits per heavy atom. The SMILES string of the molecule is COc1c(N)nsc1NC(C)CC(C)C. The first-order valence-electron chi connectivity index (χ1n) is 5.10. The maximum Gasteiger partial charge on any atom is 0.197 e. The zero-order valence-corrected chi connectivity index (χ0v) is 10.5. The molecule has 1 heterocycles. The van der Waals surface area contributed by atoms with Crippen molar-refractivity contribution in [2.24, 2.45) is 5.92 Å². The molecular weight excluding hydrogens is 210 g/mol. The predicted octanol–water partition coefficient (Wildman–Crippen LogP) is 2.58. The molecule has 0 aliphatic heterocycles. The van der Waals surface area contributed by atoms with Crippen molar-refractivity contribution in [2.45, 2.75) is 33.2 Å². The molecule has 15 heavy (non-hydrogen) atoms. The molecule has 1 atom stereocenters. The maximum absolute atomic E-state index is 5.66. The second kappa shape index (κ2) is 5.21. The van der Waals surface area contributed by atoms with E-state index in [1.807, 2.05) is 0 Å². The largest absolute Gasteiger partial charge is 0.490 e.